The number of carboxylic acid groups (broad SMARTS) is 1. The molecule has 0 fully saturated rings. The van der Waals surface area contributed by atoms with Gasteiger partial charge in [0.15, 0.2) is 0 Å². The lowest BCUT2D eigenvalue weighted by atomic mass is 10.3. The number of hydrogen-bond donors (Lipinski definition) is 4. The summed E-state index contributed by atoms with van der Waals surface area (Å²) in [6.07, 6.45) is 0. The molecule has 0 aliphatic heterocycles. The third-order valence-electron chi connectivity index (χ3n) is 1.91. The fraction of sp³-hybridized carbons (Fsp3) is 0.444. The molecule has 1 aromatic heterocycles. The second kappa shape index (κ2) is 6.16. The number of hydrogen-bond acceptors (Lipinski definition) is 5. The van der Waals surface area contributed by atoms with E-state index in [1.54, 1.807) is 5.38 Å². The van der Waals surface area contributed by atoms with Crippen molar-refractivity contribution in [2.24, 2.45) is 0 Å². The van der Waals surface area contributed by atoms with E-state index in [1.807, 2.05) is 0 Å². The maximum atomic E-state index is 10.8. The number of rotatable bonds is 6. The minimum absolute atomic E-state index is 0.0901. The number of aliphatic carboxylic acids is 1. The van der Waals surface area contributed by atoms with Gasteiger partial charge in [-0.1, -0.05) is 11.3 Å². The summed E-state index contributed by atoms with van der Waals surface area (Å²) in [4.78, 5) is 34.8. The summed E-state index contributed by atoms with van der Waals surface area (Å²) in [5.74, 6) is -1.50. The highest BCUT2D eigenvalue weighted by Crippen LogP contribution is 1.94. The largest absolute Gasteiger partial charge is 0.480 e. The van der Waals surface area contributed by atoms with Crippen LogP contribution < -0.4 is 15.5 Å². The van der Waals surface area contributed by atoms with Gasteiger partial charge in [-0.2, -0.15) is 0 Å². The number of carbonyl (C=O) groups excluding carboxylic acids is 1. The van der Waals surface area contributed by atoms with Gasteiger partial charge in [0.1, 0.15) is 6.04 Å². The summed E-state index contributed by atoms with van der Waals surface area (Å²) in [6.45, 7) is 1.70. The molecule has 1 amide bonds. The summed E-state index contributed by atoms with van der Waals surface area (Å²) in [6, 6.07) is -0.974. The Morgan fingerprint density at radius 2 is 2.29 bits per heavy atom. The van der Waals surface area contributed by atoms with E-state index in [4.69, 9.17) is 5.11 Å². The number of aromatic amines is 1. The molecule has 0 aromatic carbocycles. The fourth-order valence-corrected chi connectivity index (χ4v) is 1.78. The van der Waals surface area contributed by atoms with Crippen molar-refractivity contribution in [3.05, 3.63) is 20.7 Å². The van der Waals surface area contributed by atoms with Crippen LogP contribution in [0.15, 0.2) is 10.2 Å². The second-order valence-electron chi connectivity index (χ2n) is 3.40. The molecule has 0 spiro atoms. The predicted octanol–water partition coefficient (Wildman–Crippen LogP) is -0.885. The maximum Gasteiger partial charge on any atom is 0.327 e. The average Bonchev–Trinajstić information content (AvgIpc) is 2.62. The molecule has 4 N–H and O–H groups in total. The summed E-state index contributed by atoms with van der Waals surface area (Å²) >= 11 is 1.04. The van der Waals surface area contributed by atoms with Crippen LogP contribution in [0.25, 0.3) is 0 Å². The van der Waals surface area contributed by atoms with Gasteiger partial charge in [-0.25, -0.2) is 4.79 Å². The van der Waals surface area contributed by atoms with Gasteiger partial charge in [0.25, 0.3) is 0 Å². The van der Waals surface area contributed by atoms with E-state index in [2.05, 4.69) is 15.6 Å². The number of nitrogens with one attached hydrogen (secondary N) is 3. The van der Waals surface area contributed by atoms with Crippen molar-refractivity contribution in [2.45, 2.75) is 19.5 Å². The van der Waals surface area contributed by atoms with Gasteiger partial charge in [-0.3, -0.25) is 9.59 Å². The maximum absolute atomic E-state index is 10.8. The van der Waals surface area contributed by atoms with Crippen LogP contribution in [0.3, 0.4) is 0 Å². The zero-order valence-corrected chi connectivity index (χ0v) is 9.97. The number of carboxylic acids is 1. The third-order valence-corrected chi connectivity index (χ3v) is 2.63. The van der Waals surface area contributed by atoms with Gasteiger partial charge in [-0.15, -0.1) is 0 Å². The molecule has 7 nitrogen and oxygen atoms in total. The molecule has 1 unspecified atom stereocenters. The van der Waals surface area contributed by atoms with Crippen molar-refractivity contribution in [1.29, 1.82) is 0 Å². The molecule has 0 saturated heterocycles. The molecule has 0 bridgehead atoms. The van der Waals surface area contributed by atoms with Gasteiger partial charge in [-0.05, 0) is 0 Å². The molecule has 0 radical (unpaired) electrons. The van der Waals surface area contributed by atoms with Crippen LogP contribution in [-0.2, 0) is 16.1 Å². The first-order chi connectivity index (χ1) is 7.99. The molecule has 1 aromatic rings. The van der Waals surface area contributed by atoms with E-state index in [0.717, 1.165) is 11.3 Å². The summed E-state index contributed by atoms with van der Waals surface area (Å²) < 4.78 is 0. The van der Waals surface area contributed by atoms with E-state index in [9.17, 15) is 14.4 Å². The lowest BCUT2D eigenvalue weighted by Crippen LogP contribution is -2.46. The minimum atomic E-state index is -1.11. The molecule has 0 saturated carbocycles. The summed E-state index contributed by atoms with van der Waals surface area (Å²) in [7, 11) is 0. The Hall–Kier alpha value is -1.67. The van der Waals surface area contributed by atoms with Crippen molar-refractivity contribution >= 4 is 23.2 Å². The molecule has 8 heteroatoms. The van der Waals surface area contributed by atoms with Crippen LogP contribution in [0.1, 0.15) is 12.6 Å². The second-order valence-corrected chi connectivity index (χ2v) is 4.24. The van der Waals surface area contributed by atoms with Crippen LogP contribution in [-0.4, -0.2) is 34.6 Å². The first-order valence-corrected chi connectivity index (χ1v) is 5.74. The standard InChI is InChI=1S/C9H13N3O4S/c1-5(13)11-7(8(14)15)3-10-2-6-4-17-9(16)12-6/h4,7,10H,2-3H2,1H3,(H,11,13)(H,12,16)(H,14,15). The Labute approximate surface area is 101 Å². The highest BCUT2D eigenvalue weighted by Gasteiger charge is 2.17. The monoisotopic (exact) mass is 259 g/mol. The smallest absolute Gasteiger partial charge is 0.327 e. The molecule has 17 heavy (non-hydrogen) atoms. The molecule has 94 valence electrons. The Kier molecular flexibility index (Phi) is 4.85. The highest BCUT2D eigenvalue weighted by atomic mass is 32.1. The van der Waals surface area contributed by atoms with Gasteiger partial charge < -0.3 is 20.7 Å². The Bertz CT molecular complexity index is 453. The number of H-pyrrole nitrogens is 1. The molecular formula is C9H13N3O4S. The van der Waals surface area contributed by atoms with Crippen LogP contribution in [0.5, 0.6) is 0 Å². The van der Waals surface area contributed by atoms with Crippen LogP contribution in [0.4, 0.5) is 0 Å². The van der Waals surface area contributed by atoms with Crippen molar-refractivity contribution in [3.8, 4) is 0 Å². The predicted molar refractivity (Wildman–Crippen MR) is 61.9 cm³/mol. The molecular weight excluding hydrogens is 246 g/mol. The SMILES string of the molecule is CC(=O)NC(CNCc1csc(=O)[nH]1)C(=O)O. The van der Waals surface area contributed by atoms with E-state index in [-0.39, 0.29) is 11.4 Å². The summed E-state index contributed by atoms with van der Waals surface area (Å²) in [5.41, 5.74) is 0.687. The minimum Gasteiger partial charge on any atom is -0.480 e. The van der Waals surface area contributed by atoms with Crippen molar-refractivity contribution in [3.63, 3.8) is 0 Å². The topological polar surface area (TPSA) is 111 Å². The first-order valence-electron chi connectivity index (χ1n) is 4.86. The number of carbonyl (C=O) groups is 2. The molecule has 1 atom stereocenters. The lowest BCUT2D eigenvalue weighted by molar-refractivity contribution is -0.141. The molecule has 1 rings (SSSR count). The number of aromatic nitrogens is 1. The fourth-order valence-electron chi connectivity index (χ4n) is 1.20. The highest BCUT2D eigenvalue weighted by molar-refractivity contribution is 7.07. The quantitative estimate of drug-likeness (QED) is 0.530. The zero-order chi connectivity index (χ0) is 12.8. The summed E-state index contributed by atoms with van der Waals surface area (Å²) in [5, 5.41) is 15.6. The average molecular weight is 259 g/mol. The van der Waals surface area contributed by atoms with Crippen LogP contribution in [0, 0.1) is 0 Å². The van der Waals surface area contributed by atoms with Gasteiger partial charge in [0.2, 0.25) is 5.91 Å². The Morgan fingerprint density at radius 3 is 2.76 bits per heavy atom. The van der Waals surface area contributed by atoms with Crippen LogP contribution in [0.2, 0.25) is 0 Å². The van der Waals surface area contributed by atoms with Crippen molar-refractivity contribution < 1.29 is 14.7 Å². The van der Waals surface area contributed by atoms with Gasteiger partial charge in [0.05, 0.1) is 0 Å². The van der Waals surface area contributed by atoms with Crippen molar-refractivity contribution in [2.75, 3.05) is 6.54 Å². The zero-order valence-electron chi connectivity index (χ0n) is 9.15. The Morgan fingerprint density at radius 1 is 1.59 bits per heavy atom. The number of thiazole rings is 1. The van der Waals surface area contributed by atoms with E-state index < -0.39 is 17.9 Å². The van der Waals surface area contributed by atoms with E-state index in [1.165, 1.54) is 6.92 Å². The Balaban J connectivity index is 2.39. The normalized spacial score (nSPS) is 12.1. The van der Waals surface area contributed by atoms with Gasteiger partial charge in [0, 0.05) is 31.1 Å². The van der Waals surface area contributed by atoms with Gasteiger partial charge >= 0.3 is 10.8 Å². The first kappa shape index (κ1) is 13.4. The van der Waals surface area contributed by atoms with E-state index >= 15 is 0 Å². The number of amides is 1. The van der Waals surface area contributed by atoms with Crippen LogP contribution >= 0.6 is 11.3 Å². The molecule has 0 aliphatic rings. The van der Waals surface area contributed by atoms with E-state index in [0.29, 0.717) is 12.2 Å². The van der Waals surface area contributed by atoms with Crippen molar-refractivity contribution in [1.82, 2.24) is 15.6 Å². The molecule has 0 aliphatic carbocycles. The molecule has 1 heterocycles. The third kappa shape index (κ3) is 4.79. The lowest BCUT2D eigenvalue weighted by Gasteiger charge is -2.13.